The van der Waals surface area contributed by atoms with Crippen LogP contribution in [0.1, 0.15) is 16.7 Å². The Morgan fingerprint density at radius 1 is 0.824 bits per heavy atom. The van der Waals surface area contributed by atoms with Gasteiger partial charge in [-0.15, -0.1) is 0 Å². The standard InChI is InChI=1S/C14H14O3/c1-9-2-4-10(5-3-9)6-11-7-13(16)14(17)8-12(11)15/h2-5,7-8,15-17H,6H2,1H3. The molecule has 0 saturated heterocycles. The summed E-state index contributed by atoms with van der Waals surface area (Å²) in [5, 5.41) is 28.3. The highest BCUT2D eigenvalue weighted by Gasteiger charge is 2.08. The van der Waals surface area contributed by atoms with Crippen molar-refractivity contribution in [1.82, 2.24) is 0 Å². The molecule has 0 aliphatic heterocycles. The second-order valence-electron chi connectivity index (χ2n) is 4.13. The number of benzene rings is 2. The van der Waals surface area contributed by atoms with E-state index in [0.717, 1.165) is 11.6 Å². The van der Waals surface area contributed by atoms with Crippen molar-refractivity contribution < 1.29 is 15.3 Å². The van der Waals surface area contributed by atoms with Crippen LogP contribution in [0, 0.1) is 6.92 Å². The normalized spacial score (nSPS) is 10.4. The summed E-state index contributed by atoms with van der Waals surface area (Å²) in [4.78, 5) is 0. The quantitative estimate of drug-likeness (QED) is 0.549. The molecule has 3 heteroatoms. The molecule has 0 fully saturated rings. The lowest BCUT2D eigenvalue weighted by atomic mass is 10.0. The molecule has 0 unspecified atom stereocenters. The number of hydrogen-bond donors (Lipinski definition) is 3. The summed E-state index contributed by atoms with van der Waals surface area (Å²) in [5.41, 5.74) is 2.80. The highest BCUT2D eigenvalue weighted by molar-refractivity contribution is 5.49. The lowest BCUT2D eigenvalue weighted by Gasteiger charge is -2.07. The second-order valence-corrected chi connectivity index (χ2v) is 4.13. The minimum absolute atomic E-state index is 0.0131. The highest BCUT2D eigenvalue weighted by Crippen LogP contribution is 2.33. The Bertz CT molecular complexity index is 530. The summed E-state index contributed by atoms with van der Waals surface area (Å²) in [6.45, 7) is 2.01. The maximum atomic E-state index is 9.66. The van der Waals surface area contributed by atoms with Gasteiger partial charge in [-0.05, 0) is 18.6 Å². The van der Waals surface area contributed by atoms with Crippen molar-refractivity contribution in [3.8, 4) is 17.2 Å². The summed E-state index contributed by atoms with van der Waals surface area (Å²) in [7, 11) is 0. The maximum absolute atomic E-state index is 9.66. The molecule has 88 valence electrons. The van der Waals surface area contributed by atoms with E-state index < -0.39 is 0 Å². The molecule has 17 heavy (non-hydrogen) atoms. The van der Waals surface area contributed by atoms with E-state index in [-0.39, 0.29) is 17.2 Å². The van der Waals surface area contributed by atoms with Crippen molar-refractivity contribution >= 4 is 0 Å². The molecule has 0 aliphatic carbocycles. The Hall–Kier alpha value is -2.16. The number of phenols is 3. The minimum atomic E-state index is -0.310. The Morgan fingerprint density at radius 3 is 2.06 bits per heavy atom. The van der Waals surface area contributed by atoms with Gasteiger partial charge in [0.05, 0.1) is 0 Å². The van der Waals surface area contributed by atoms with Crippen LogP contribution in [-0.2, 0) is 6.42 Å². The van der Waals surface area contributed by atoms with Crippen LogP contribution in [-0.4, -0.2) is 15.3 Å². The van der Waals surface area contributed by atoms with Gasteiger partial charge in [0.2, 0.25) is 0 Å². The van der Waals surface area contributed by atoms with Crippen molar-refractivity contribution in [3.05, 3.63) is 53.1 Å². The van der Waals surface area contributed by atoms with Gasteiger partial charge in [-0.25, -0.2) is 0 Å². The van der Waals surface area contributed by atoms with Crippen molar-refractivity contribution in [1.29, 1.82) is 0 Å². The van der Waals surface area contributed by atoms with E-state index in [0.29, 0.717) is 12.0 Å². The summed E-state index contributed by atoms with van der Waals surface area (Å²) < 4.78 is 0. The fourth-order valence-electron chi connectivity index (χ4n) is 1.68. The fraction of sp³-hybridized carbons (Fsp3) is 0.143. The van der Waals surface area contributed by atoms with E-state index >= 15 is 0 Å². The molecule has 3 N–H and O–H groups in total. The molecule has 2 aromatic carbocycles. The molecule has 3 nitrogen and oxygen atoms in total. The first-order valence-corrected chi connectivity index (χ1v) is 5.35. The average molecular weight is 230 g/mol. The third kappa shape index (κ3) is 2.50. The molecule has 2 aromatic rings. The van der Waals surface area contributed by atoms with E-state index in [4.69, 9.17) is 0 Å². The van der Waals surface area contributed by atoms with Crippen molar-refractivity contribution in [2.75, 3.05) is 0 Å². The van der Waals surface area contributed by atoms with Crippen LogP contribution in [0.4, 0.5) is 0 Å². The SMILES string of the molecule is Cc1ccc(Cc2cc(O)c(O)cc2O)cc1. The van der Waals surface area contributed by atoms with Gasteiger partial charge in [0.25, 0.3) is 0 Å². The van der Waals surface area contributed by atoms with Gasteiger partial charge in [-0.1, -0.05) is 29.8 Å². The summed E-state index contributed by atoms with van der Waals surface area (Å²) in [6, 6.07) is 10.5. The second kappa shape index (κ2) is 4.37. The molecule has 0 aliphatic rings. The summed E-state index contributed by atoms with van der Waals surface area (Å²) in [6.07, 6.45) is 0.514. The van der Waals surface area contributed by atoms with Crippen LogP contribution >= 0.6 is 0 Å². The first-order chi connectivity index (χ1) is 8.06. The molecule has 0 amide bonds. The average Bonchev–Trinajstić information content (AvgIpc) is 2.29. The third-order valence-corrected chi connectivity index (χ3v) is 2.69. The van der Waals surface area contributed by atoms with Crippen molar-refractivity contribution in [2.24, 2.45) is 0 Å². The van der Waals surface area contributed by atoms with E-state index in [9.17, 15) is 15.3 Å². The topological polar surface area (TPSA) is 60.7 Å². The Morgan fingerprint density at radius 2 is 1.41 bits per heavy atom. The highest BCUT2D eigenvalue weighted by atomic mass is 16.3. The van der Waals surface area contributed by atoms with Crippen LogP contribution in [0.25, 0.3) is 0 Å². The first-order valence-electron chi connectivity index (χ1n) is 5.35. The molecular formula is C14H14O3. The van der Waals surface area contributed by atoms with Crippen LogP contribution in [0.15, 0.2) is 36.4 Å². The van der Waals surface area contributed by atoms with E-state index in [1.807, 2.05) is 31.2 Å². The van der Waals surface area contributed by atoms with Gasteiger partial charge in [0, 0.05) is 18.1 Å². The molecule has 2 rings (SSSR count). The summed E-state index contributed by atoms with van der Waals surface area (Å²) in [5.74, 6) is -0.541. The smallest absolute Gasteiger partial charge is 0.161 e. The lowest BCUT2D eigenvalue weighted by molar-refractivity contribution is 0.395. The summed E-state index contributed by atoms with van der Waals surface area (Å²) >= 11 is 0. The van der Waals surface area contributed by atoms with Gasteiger partial charge in [-0.2, -0.15) is 0 Å². The molecule has 0 spiro atoms. The monoisotopic (exact) mass is 230 g/mol. The van der Waals surface area contributed by atoms with Crippen LogP contribution in [0.3, 0.4) is 0 Å². The van der Waals surface area contributed by atoms with Gasteiger partial charge < -0.3 is 15.3 Å². The van der Waals surface area contributed by atoms with Gasteiger partial charge in [0.15, 0.2) is 11.5 Å². The minimum Gasteiger partial charge on any atom is -0.508 e. The molecule has 0 radical (unpaired) electrons. The number of phenolic OH excluding ortho intramolecular Hbond substituents is 3. The number of rotatable bonds is 2. The predicted octanol–water partition coefficient (Wildman–Crippen LogP) is 2.70. The zero-order valence-corrected chi connectivity index (χ0v) is 9.51. The first kappa shape index (κ1) is 11.3. The molecule has 0 bridgehead atoms. The van der Waals surface area contributed by atoms with E-state index in [1.54, 1.807) is 0 Å². The number of aromatic hydroxyl groups is 3. The molecule has 0 atom stereocenters. The lowest BCUT2D eigenvalue weighted by Crippen LogP contribution is -1.89. The Labute approximate surface area is 99.6 Å². The van der Waals surface area contributed by atoms with Crippen LogP contribution in [0.2, 0.25) is 0 Å². The van der Waals surface area contributed by atoms with E-state index in [1.165, 1.54) is 11.6 Å². The zero-order valence-electron chi connectivity index (χ0n) is 9.51. The molecular weight excluding hydrogens is 216 g/mol. The number of aryl methyl sites for hydroxylation is 1. The van der Waals surface area contributed by atoms with Crippen molar-refractivity contribution in [2.45, 2.75) is 13.3 Å². The van der Waals surface area contributed by atoms with Crippen LogP contribution < -0.4 is 0 Å². The maximum Gasteiger partial charge on any atom is 0.161 e. The van der Waals surface area contributed by atoms with Gasteiger partial charge >= 0.3 is 0 Å². The van der Waals surface area contributed by atoms with Crippen molar-refractivity contribution in [3.63, 3.8) is 0 Å². The molecule has 0 heterocycles. The van der Waals surface area contributed by atoms with Crippen LogP contribution in [0.5, 0.6) is 17.2 Å². The fourth-order valence-corrected chi connectivity index (χ4v) is 1.68. The predicted molar refractivity (Wildman–Crippen MR) is 65.4 cm³/mol. The Balaban J connectivity index is 2.30. The molecule has 0 aromatic heterocycles. The molecule has 0 saturated carbocycles. The number of hydrogen-bond acceptors (Lipinski definition) is 3. The van der Waals surface area contributed by atoms with Gasteiger partial charge in [-0.3, -0.25) is 0 Å². The van der Waals surface area contributed by atoms with E-state index in [2.05, 4.69) is 0 Å². The third-order valence-electron chi connectivity index (χ3n) is 2.69. The zero-order chi connectivity index (χ0) is 12.4. The largest absolute Gasteiger partial charge is 0.508 e. The van der Waals surface area contributed by atoms with Gasteiger partial charge in [0.1, 0.15) is 5.75 Å². The Kier molecular flexibility index (Phi) is 2.91.